The highest BCUT2D eigenvalue weighted by Crippen LogP contribution is 2.15. The van der Waals surface area contributed by atoms with Crippen LogP contribution in [0.3, 0.4) is 0 Å². The van der Waals surface area contributed by atoms with Crippen molar-refractivity contribution in [1.82, 2.24) is 4.98 Å². The van der Waals surface area contributed by atoms with Gasteiger partial charge >= 0.3 is 0 Å². The Morgan fingerprint density at radius 2 is 2.36 bits per heavy atom. The number of ether oxygens (including phenoxy) is 1. The van der Waals surface area contributed by atoms with Gasteiger partial charge in [-0.3, -0.25) is 0 Å². The first-order valence-corrected chi connectivity index (χ1v) is 3.08. The van der Waals surface area contributed by atoms with Crippen molar-refractivity contribution in [2.75, 3.05) is 7.11 Å². The molecule has 1 rings (SSSR count). The minimum atomic E-state index is -0.616. The Morgan fingerprint density at radius 3 is 2.91 bits per heavy atom. The van der Waals surface area contributed by atoms with Crippen LogP contribution in [0.2, 0.25) is 0 Å². The van der Waals surface area contributed by atoms with Crippen molar-refractivity contribution in [3.05, 3.63) is 23.8 Å². The molecule has 0 unspecified atom stereocenters. The Kier molecular flexibility index (Phi) is 2.38. The average molecular weight is 157 g/mol. The van der Waals surface area contributed by atoms with Crippen molar-refractivity contribution >= 4 is 0 Å². The number of halogens is 1. The minimum absolute atomic E-state index is 0.215. The molecule has 0 saturated carbocycles. The van der Waals surface area contributed by atoms with Crippen LogP contribution in [-0.2, 0) is 6.61 Å². The van der Waals surface area contributed by atoms with Gasteiger partial charge in [-0.05, 0) is 12.1 Å². The summed E-state index contributed by atoms with van der Waals surface area (Å²) in [6.45, 7) is -0.319. The summed E-state index contributed by atoms with van der Waals surface area (Å²) >= 11 is 0. The van der Waals surface area contributed by atoms with Crippen LogP contribution in [0, 0.1) is 5.95 Å². The quantitative estimate of drug-likeness (QED) is 0.643. The Bertz CT molecular complexity index is 252. The molecule has 1 heterocycles. The lowest BCUT2D eigenvalue weighted by atomic mass is 10.3. The Labute approximate surface area is 63.5 Å². The summed E-state index contributed by atoms with van der Waals surface area (Å²) in [7, 11) is 1.44. The van der Waals surface area contributed by atoms with Crippen molar-refractivity contribution in [2.45, 2.75) is 6.61 Å². The molecule has 0 atom stereocenters. The third-order valence-electron chi connectivity index (χ3n) is 1.27. The number of nitrogens with zero attached hydrogens (tertiary/aromatic N) is 1. The van der Waals surface area contributed by atoms with Gasteiger partial charge in [-0.2, -0.15) is 4.39 Å². The number of pyridine rings is 1. The highest BCUT2D eigenvalue weighted by Gasteiger charge is 2.03. The number of rotatable bonds is 2. The zero-order valence-corrected chi connectivity index (χ0v) is 6.04. The van der Waals surface area contributed by atoms with Gasteiger partial charge in [0.25, 0.3) is 0 Å². The van der Waals surface area contributed by atoms with E-state index in [0.29, 0.717) is 5.75 Å². The molecule has 0 amide bonds. The smallest absolute Gasteiger partial charge is 0.213 e. The summed E-state index contributed by atoms with van der Waals surface area (Å²) in [5, 5.41) is 8.66. The fourth-order valence-electron chi connectivity index (χ4n) is 0.761. The van der Waals surface area contributed by atoms with Crippen molar-refractivity contribution in [1.29, 1.82) is 0 Å². The van der Waals surface area contributed by atoms with Crippen LogP contribution < -0.4 is 4.74 Å². The highest BCUT2D eigenvalue weighted by molar-refractivity contribution is 5.26. The van der Waals surface area contributed by atoms with Crippen LogP contribution in [0.5, 0.6) is 5.75 Å². The molecule has 1 aromatic heterocycles. The normalized spacial score (nSPS) is 9.73. The van der Waals surface area contributed by atoms with E-state index in [2.05, 4.69) is 4.98 Å². The summed E-state index contributed by atoms with van der Waals surface area (Å²) in [6, 6.07) is 2.60. The fourth-order valence-corrected chi connectivity index (χ4v) is 0.761. The van der Waals surface area contributed by atoms with Gasteiger partial charge in [0.15, 0.2) is 0 Å². The first kappa shape index (κ1) is 7.94. The second-order valence-corrected chi connectivity index (χ2v) is 1.94. The van der Waals surface area contributed by atoms with Crippen LogP contribution in [0.25, 0.3) is 0 Å². The topological polar surface area (TPSA) is 42.4 Å². The molecular formula is C7H8FNO2. The summed E-state index contributed by atoms with van der Waals surface area (Å²) in [4.78, 5) is 3.42. The fraction of sp³-hybridized carbons (Fsp3) is 0.286. The van der Waals surface area contributed by atoms with Crippen molar-refractivity contribution < 1.29 is 14.2 Å². The second-order valence-electron chi connectivity index (χ2n) is 1.94. The standard InChI is InChI=1S/C7H8FNO2/c1-11-6-2-3-7(8)9-5(6)4-10/h2-3,10H,4H2,1H3. The first-order valence-electron chi connectivity index (χ1n) is 3.08. The molecule has 0 saturated heterocycles. The minimum Gasteiger partial charge on any atom is -0.495 e. The average Bonchev–Trinajstić information content (AvgIpc) is 2.04. The van der Waals surface area contributed by atoms with Gasteiger partial charge in [-0.1, -0.05) is 0 Å². The largest absolute Gasteiger partial charge is 0.495 e. The molecule has 1 aromatic rings. The van der Waals surface area contributed by atoms with E-state index in [1.807, 2.05) is 0 Å². The maximum absolute atomic E-state index is 12.4. The van der Waals surface area contributed by atoms with Gasteiger partial charge in [0.05, 0.1) is 13.7 Å². The van der Waals surface area contributed by atoms with E-state index in [9.17, 15) is 4.39 Å². The molecule has 0 bridgehead atoms. The Balaban J connectivity index is 3.06. The summed E-state index contributed by atoms with van der Waals surface area (Å²) in [5.41, 5.74) is 0.215. The third-order valence-corrected chi connectivity index (χ3v) is 1.27. The molecule has 0 radical (unpaired) electrons. The molecule has 0 aliphatic heterocycles. The van der Waals surface area contributed by atoms with Crippen molar-refractivity contribution in [3.8, 4) is 5.75 Å². The van der Waals surface area contributed by atoms with E-state index < -0.39 is 5.95 Å². The molecule has 1 N–H and O–H groups in total. The zero-order valence-electron chi connectivity index (χ0n) is 6.04. The molecule has 0 aliphatic rings. The Morgan fingerprint density at radius 1 is 1.64 bits per heavy atom. The van der Waals surface area contributed by atoms with E-state index in [1.165, 1.54) is 19.2 Å². The molecular weight excluding hydrogens is 149 g/mol. The molecule has 0 aromatic carbocycles. The monoisotopic (exact) mass is 157 g/mol. The predicted octanol–water partition coefficient (Wildman–Crippen LogP) is 0.722. The van der Waals surface area contributed by atoms with Gasteiger partial charge in [-0.25, -0.2) is 4.98 Å². The summed E-state index contributed by atoms with van der Waals surface area (Å²) in [5.74, 6) is -0.219. The lowest BCUT2D eigenvalue weighted by Crippen LogP contribution is -1.97. The molecule has 0 spiro atoms. The number of aliphatic hydroxyl groups is 1. The van der Waals surface area contributed by atoms with E-state index >= 15 is 0 Å². The Hall–Kier alpha value is -1.16. The van der Waals surface area contributed by atoms with E-state index in [0.717, 1.165) is 0 Å². The number of hydrogen-bond donors (Lipinski definition) is 1. The molecule has 11 heavy (non-hydrogen) atoms. The van der Waals surface area contributed by atoms with Gasteiger partial charge in [-0.15, -0.1) is 0 Å². The lowest BCUT2D eigenvalue weighted by molar-refractivity contribution is 0.265. The number of methoxy groups -OCH3 is 1. The molecule has 0 aliphatic carbocycles. The molecule has 3 nitrogen and oxygen atoms in total. The van der Waals surface area contributed by atoms with Gasteiger partial charge < -0.3 is 9.84 Å². The summed E-state index contributed by atoms with van der Waals surface area (Å²) in [6.07, 6.45) is 0. The van der Waals surface area contributed by atoms with E-state index in [-0.39, 0.29) is 12.3 Å². The van der Waals surface area contributed by atoms with E-state index in [1.54, 1.807) is 0 Å². The second kappa shape index (κ2) is 3.30. The third kappa shape index (κ3) is 1.65. The maximum atomic E-state index is 12.4. The first-order chi connectivity index (χ1) is 5.27. The van der Waals surface area contributed by atoms with Crippen molar-refractivity contribution in [2.24, 2.45) is 0 Å². The van der Waals surface area contributed by atoms with Crippen LogP contribution in [0.1, 0.15) is 5.69 Å². The van der Waals surface area contributed by atoms with Crippen LogP contribution in [0.15, 0.2) is 12.1 Å². The lowest BCUT2D eigenvalue weighted by Gasteiger charge is -2.03. The molecule has 4 heteroatoms. The molecule has 0 fully saturated rings. The van der Waals surface area contributed by atoms with Gasteiger partial charge in [0, 0.05) is 0 Å². The van der Waals surface area contributed by atoms with Gasteiger partial charge in [0.2, 0.25) is 5.95 Å². The van der Waals surface area contributed by atoms with Crippen LogP contribution >= 0.6 is 0 Å². The number of aromatic nitrogens is 1. The predicted molar refractivity (Wildman–Crippen MR) is 36.7 cm³/mol. The van der Waals surface area contributed by atoms with Crippen LogP contribution in [-0.4, -0.2) is 17.2 Å². The van der Waals surface area contributed by atoms with E-state index in [4.69, 9.17) is 9.84 Å². The maximum Gasteiger partial charge on any atom is 0.213 e. The number of hydrogen-bond acceptors (Lipinski definition) is 3. The number of aliphatic hydroxyl groups excluding tert-OH is 1. The zero-order chi connectivity index (χ0) is 8.27. The van der Waals surface area contributed by atoms with Crippen LogP contribution in [0.4, 0.5) is 4.39 Å². The van der Waals surface area contributed by atoms with Crippen molar-refractivity contribution in [3.63, 3.8) is 0 Å². The highest BCUT2D eigenvalue weighted by atomic mass is 19.1. The molecule has 60 valence electrons. The SMILES string of the molecule is COc1ccc(F)nc1CO. The summed E-state index contributed by atoms with van der Waals surface area (Å²) < 4.78 is 17.2. The van der Waals surface area contributed by atoms with Gasteiger partial charge in [0.1, 0.15) is 11.4 Å².